The minimum absolute atomic E-state index is 0.00257. The highest BCUT2D eigenvalue weighted by Crippen LogP contribution is 2.21. The Kier molecular flexibility index (Phi) is 7.49. The number of hydrogen-bond acceptors (Lipinski definition) is 6. The molecule has 1 N–H and O–H groups in total. The largest absolute Gasteiger partial charge is 0.356 e. The molecule has 7 heteroatoms. The lowest BCUT2D eigenvalue weighted by molar-refractivity contribution is -0.121. The van der Waals surface area contributed by atoms with Crippen LogP contribution in [0.2, 0.25) is 0 Å². The van der Waals surface area contributed by atoms with Crippen molar-refractivity contribution in [3.05, 3.63) is 59.3 Å². The van der Waals surface area contributed by atoms with Gasteiger partial charge in [0.1, 0.15) is 0 Å². The average molecular weight is 398 g/mol. The predicted octanol–water partition coefficient (Wildman–Crippen LogP) is 4.29. The summed E-state index contributed by atoms with van der Waals surface area (Å²) >= 11 is 1.59. The Hall–Kier alpha value is -2.80. The first kappa shape index (κ1) is 19.9. The summed E-state index contributed by atoms with van der Waals surface area (Å²) in [6.45, 7) is 0.614. The van der Waals surface area contributed by atoms with Crippen molar-refractivity contribution in [2.75, 3.05) is 6.54 Å². The van der Waals surface area contributed by atoms with Crippen LogP contribution in [0.5, 0.6) is 0 Å². The van der Waals surface area contributed by atoms with Crippen LogP contribution in [0.25, 0.3) is 10.7 Å². The number of aryl methyl sites for hydroxylation is 1. The van der Waals surface area contributed by atoms with Crippen LogP contribution in [0.4, 0.5) is 0 Å². The van der Waals surface area contributed by atoms with Gasteiger partial charge in [-0.1, -0.05) is 48.0 Å². The number of hydrogen-bond donors (Lipinski definition) is 1. The molecule has 146 valence electrons. The van der Waals surface area contributed by atoms with E-state index in [0.29, 0.717) is 23.8 Å². The zero-order valence-electron chi connectivity index (χ0n) is 15.6. The van der Waals surface area contributed by atoms with E-state index in [1.165, 1.54) is 0 Å². The zero-order chi connectivity index (χ0) is 19.6. The van der Waals surface area contributed by atoms with Crippen LogP contribution in [0.1, 0.15) is 48.4 Å². The number of ketones is 1. The summed E-state index contributed by atoms with van der Waals surface area (Å²) in [6.07, 6.45) is 3.96. The molecule has 2 heterocycles. The van der Waals surface area contributed by atoms with Gasteiger partial charge in [0.15, 0.2) is 5.78 Å². The summed E-state index contributed by atoms with van der Waals surface area (Å²) in [6, 6.07) is 13.0. The highest BCUT2D eigenvalue weighted by molar-refractivity contribution is 7.13. The highest BCUT2D eigenvalue weighted by atomic mass is 32.1. The Morgan fingerprint density at radius 2 is 1.86 bits per heavy atom. The van der Waals surface area contributed by atoms with E-state index in [1.54, 1.807) is 23.5 Å². The normalized spacial score (nSPS) is 10.7. The molecule has 0 bridgehead atoms. The predicted molar refractivity (Wildman–Crippen MR) is 108 cm³/mol. The van der Waals surface area contributed by atoms with Gasteiger partial charge in [0, 0.05) is 31.4 Å². The van der Waals surface area contributed by atoms with Crippen LogP contribution < -0.4 is 5.32 Å². The van der Waals surface area contributed by atoms with Crippen molar-refractivity contribution in [1.82, 2.24) is 15.5 Å². The van der Waals surface area contributed by atoms with Crippen LogP contribution in [-0.4, -0.2) is 28.4 Å². The Morgan fingerprint density at radius 3 is 2.64 bits per heavy atom. The third-order valence-electron chi connectivity index (χ3n) is 4.27. The number of carbonyl (C=O) groups is 2. The van der Waals surface area contributed by atoms with Crippen molar-refractivity contribution in [3.8, 4) is 10.7 Å². The lowest BCUT2D eigenvalue weighted by atomic mass is 10.1. The number of nitrogens with one attached hydrogen (secondary N) is 1. The molecule has 0 saturated heterocycles. The summed E-state index contributed by atoms with van der Waals surface area (Å²) in [4.78, 5) is 29.2. The summed E-state index contributed by atoms with van der Waals surface area (Å²) in [5.74, 6) is 1.20. The summed E-state index contributed by atoms with van der Waals surface area (Å²) in [5, 5.41) is 8.85. The van der Waals surface area contributed by atoms with E-state index >= 15 is 0 Å². The van der Waals surface area contributed by atoms with Gasteiger partial charge in [0.05, 0.1) is 4.88 Å². The molecule has 0 saturated carbocycles. The fraction of sp³-hybridized carbons (Fsp3) is 0.333. The molecule has 0 unspecified atom stereocenters. The number of Topliss-reactive ketones (excluding diaryl/α,β-unsaturated/α-hetero) is 1. The van der Waals surface area contributed by atoms with E-state index in [4.69, 9.17) is 4.52 Å². The lowest BCUT2D eigenvalue weighted by Crippen LogP contribution is -2.24. The van der Waals surface area contributed by atoms with Crippen LogP contribution in [0.15, 0.2) is 52.4 Å². The zero-order valence-corrected chi connectivity index (χ0v) is 16.4. The summed E-state index contributed by atoms with van der Waals surface area (Å²) in [7, 11) is 0. The smallest absolute Gasteiger partial charge is 0.226 e. The third kappa shape index (κ3) is 6.13. The fourth-order valence-corrected chi connectivity index (χ4v) is 3.40. The van der Waals surface area contributed by atoms with Crippen LogP contribution in [-0.2, 0) is 11.2 Å². The Morgan fingerprint density at radius 1 is 1.00 bits per heavy atom. The second-order valence-corrected chi connectivity index (χ2v) is 7.39. The molecule has 0 aliphatic heterocycles. The van der Waals surface area contributed by atoms with Crippen molar-refractivity contribution >= 4 is 23.0 Å². The summed E-state index contributed by atoms with van der Waals surface area (Å²) in [5.41, 5.74) is 0.651. The molecule has 0 fully saturated rings. The third-order valence-corrected chi connectivity index (χ3v) is 5.14. The van der Waals surface area contributed by atoms with E-state index in [2.05, 4.69) is 15.5 Å². The Labute approximate surface area is 168 Å². The molecule has 3 rings (SSSR count). The van der Waals surface area contributed by atoms with Crippen molar-refractivity contribution < 1.29 is 14.1 Å². The van der Waals surface area contributed by atoms with Crippen LogP contribution in [0, 0.1) is 0 Å². The van der Waals surface area contributed by atoms with Crippen LogP contribution in [0.3, 0.4) is 0 Å². The van der Waals surface area contributed by atoms with Gasteiger partial charge in [-0.25, -0.2) is 0 Å². The van der Waals surface area contributed by atoms with E-state index in [0.717, 1.165) is 30.6 Å². The molecule has 2 aromatic heterocycles. The second-order valence-electron chi connectivity index (χ2n) is 6.44. The molecule has 0 radical (unpaired) electrons. The lowest BCUT2D eigenvalue weighted by Gasteiger charge is -2.05. The highest BCUT2D eigenvalue weighted by Gasteiger charge is 2.10. The van der Waals surface area contributed by atoms with Crippen molar-refractivity contribution in [2.45, 2.75) is 38.5 Å². The number of nitrogens with zero attached hydrogens (tertiary/aromatic N) is 2. The molecule has 3 aromatic rings. The summed E-state index contributed by atoms with van der Waals surface area (Å²) < 4.78 is 5.27. The first-order valence-corrected chi connectivity index (χ1v) is 10.3. The van der Waals surface area contributed by atoms with Gasteiger partial charge >= 0.3 is 0 Å². The van der Waals surface area contributed by atoms with Crippen molar-refractivity contribution in [1.29, 1.82) is 0 Å². The van der Waals surface area contributed by atoms with E-state index in [9.17, 15) is 9.59 Å². The number of aromatic nitrogens is 2. The van der Waals surface area contributed by atoms with Crippen LogP contribution >= 0.6 is 11.3 Å². The van der Waals surface area contributed by atoms with Gasteiger partial charge < -0.3 is 9.84 Å². The first-order valence-electron chi connectivity index (χ1n) is 9.44. The SMILES string of the molecule is O=C(CCC(=O)c1ccccc1)NCCCCCc1nc(-c2cccs2)no1. The van der Waals surface area contributed by atoms with E-state index in [1.807, 2.05) is 35.7 Å². The molecular weight excluding hydrogens is 374 g/mol. The molecule has 0 spiro atoms. The minimum Gasteiger partial charge on any atom is -0.356 e. The number of amides is 1. The molecule has 28 heavy (non-hydrogen) atoms. The molecule has 0 atom stereocenters. The van der Waals surface area contributed by atoms with Gasteiger partial charge in [-0.05, 0) is 24.3 Å². The Bertz CT molecular complexity index is 875. The second kappa shape index (κ2) is 10.5. The van der Waals surface area contributed by atoms with Gasteiger partial charge in [-0.3, -0.25) is 9.59 Å². The standard InChI is InChI=1S/C21H23N3O3S/c25-17(16-8-3-1-4-9-16)12-13-19(26)22-14-6-2-5-11-20-23-21(24-27-20)18-10-7-15-28-18/h1,3-4,7-10,15H,2,5-6,11-14H2,(H,22,26). The molecule has 1 amide bonds. The Balaban J connectivity index is 1.25. The topological polar surface area (TPSA) is 85.1 Å². The maximum Gasteiger partial charge on any atom is 0.226 e. The maximum absolute atomic E-state index is 12.0. The van der Waals surface area contributed by atoms with Gasteiger partial charge in [-0.15, -0.1) is 11.3 Å². The van der Waals surface area contributed by atoms with Crippen molar-refractivity contribution in [3.63, 3.8) is 0 Å². The molecule has 1 aromatic carbocycles. The number of rotatable bonds is 11. The number of thiophene rings is 1. The van der Waals surface area contributed by atoms with E-state index in [-0.39, 0.29) is 24.5 Å². The number of carbonyl (C=O) groups excluding carboxylic acids is 2. The van der Waals surface area contributed by atoms with Gasteiger partial charge in [-0.2, -0.15) is 4.98 Å². The maximum atomic E-state index is 12.0. The number of benzene rings is 1. The molecule has 6 nitrogen and oxygen atoms in total. The van der Waals surface area contributed by atoms with Crippen molar-refractivity contribution in [2.24, 2.45) is 0 Å². The quantitative estimate of drug-likeness (QED) is 0.385. The molecule has 0 aliphatic rings. The minimum atomic E-state index is -0.0817. The number of unbranched alkanes of at least 4 members (excludes halogenated alkanes) is 2. The van der Waals surface area contributed by atoms with Gasteiger partial charge in [0.2, 0.25) is 17.6 Å². The molecule has 0 aliphatic carbocycles. The van der Waals surface area contributed by atoms with E-state index < -0.39 is 0 Å². The monoisotopic (exact) mass is 397 g/mol. The average Bonchev–Trinajstić information content (AvgIpc) is 3.41. The first-order chi connectivity index (χ1) is 13.7. The fourth-order valence-electron chi connectivity index (χ4n) is 2.75. The molecular formula is C21H23N3O3S. The van der Waals surface area contributed by atoms with Gasteiger partial charge in [0.25, 0.3) is 0 Å².